The molecule has 0 N–H and O–H groups in total. The quantitative estimate of drug-likeness (QED) is 0.831. The molecule has 100 valence electrons. The molecule has 2 rings (SSSR count). The number of nitriles is 1. The highest BCUT2D eigenvalue weighted by Gasteiger charge is 2.20. The number of fused-ring (bicyclic) bond motifs is 1. The fourth-order valence-electron chi connectivity index (χ4n) is 2.64. The highest BCUT2D eigenvalue weighted by Crippen LogP contribution is 2.23. The predicted molar refractivity (Wildman–Crippen MR) is 74.9 cm³/mol. The molecule has 0 heterocycles. The van der Waals surface area contributed by atoms with Crippen molar-refractivity contribution in [1.29, 1.82) is 5.26 Å². The zero-order valence-corrected chi connectivity index (χ0v) is 11.6. The summed E-state index contributed by atoms with van der Waals surface area (Å²) in [6, 6.07) is 8.27. The van der Waals surface area contributed by atoms with Gasteiger partial charge in [-0.2, -0.15) is 5.26 Å². The Morgan fingerprint density at radius 3 is 2.79 bits per heavy atom. The van der Waals surface area contributed by atoms with E-state index in [1.165, 1.54) is 17.5 Å². The van der Waals surface area contributed by atoms with Crippen molar-refractivity contribution in [3.05, 3.63) is 34.9 Å². The second kappa shape index (κ2) is 5.88. The van der Waals surface area contributed by atoms with Gasteiger partial charge >= 0.3 is 0 Å². The molecule has 0 aliphatic heterocycles. The highest BCUT2D eigenvalue weighted by atomic mass is 16.2. The number of carbonyl (C=O) groups excluding carboxylic acids is 1. The van der Waals surface area contributed by atoms with Gasteiger partial charge in [0.05, 0.1) is 12.5 Å². The maximum Gasteiger partial charge on any atom is 0.254 e. The summed E-state index contributed by atoms with van der Waals surface area (Å²) in [7, 11) is 0. The Morgan fingerprint density at radius 2 is 2.11 bits per heavy atom. The van der Waals surface area contributed by atoms with Crippen molar-refractivity contribution in [2.75, 3.05) is 6.54 Å². The average molecular weight is 256 g/mol. The monoisotopic (exact) mass is 256 g/mol. The fourth-order valence-corrected chi connectivity index (χ4v) is 2.64. The number of nitrogens with zero attached hydrogens (tertiary/aromatic N) is 2. The molecule has 1 aliphatic carbocycles. The smallest absolute Gasteiger partial charge is 0.254 e. The Hall–Kier alpha value is -1.82. The van der Waals surface area contributed by atoms with Crippen molar-refractivity contribution in [3.8, 4) is 6.07 Å². The van der Waals surface area contributed by atoms with Crippen LogP contribution in [0.5, 0.6) is 0 Å². The molecule has 0 unspecified atom stereocenters. The number of amides is 1. The Morgan fingerprint density at radius 1 is 1.37 bits per heavy atom. The van der Waals surface area contributed by atoms with Crippen molar-refractivity contribution in [3.63, 3.8) is 0 Å². The summed E-state index contributed by atoms with van der Waals surface area (Å²) in [6.07, 6.45) is 3.78. The summed E-state index contributed by atoms with van der Waals surface area (Å²) in [5, 5.41) is 8.69. The molecule has 3 nitrogen and oxygen atoms in total. The first-order valence-corrected chi connectivity index (χ1v) is 6.93. The molecule has 0 spiro atoms. The van der Waals surface area contributed by atoms with E-state index in [4.69, 9.17) is 5.26 Å². The van der Waals surface area contributed by atoms with E-state index in [0.717, 1.165) is 18.4 Å². The first-order chi connectivity index (χ1) is 9.13. The molecular weight excluding hydrogens is 236 g/mol. The average Bonchev–Trinajstić information content (AvgIpc) is 2.85. The third kappa shape index (κ3) is 2.96. The van der Waals surface area contributed by atoms with Gasteiger partial charge in [0.1, 0.15) is 0 Å². The second-order valence-electron chi connectivity index (χ2n) is 5.34. The van der Waals surface area contributed by atoms with Gasteiger partial charge in [-0.15, -0.1) is 0 Å². The van der Waals surface area contributed by atoms with Gasteiger partial charge in [-0.1, -0.05) is 6.07 Å². The minimum atomic E-state index is 0.0416. The molecule has 0 radical (unpaired) electrons. The first kappa shape index (κ1) is 13.6. The molecule has 0 saturated carbocycles. The molecule has 0 fully saturated rings. The standard InChI is InChI=1S/C16H20N2O/c1-12(2)18(10-4-9-17)16(19)15-8-7-13-5-3-6-14(13)11-15/h7-8,11-12H,3-6,10H2,1-2H3. The highest BCUT2D eigenvalue weighted by molar-refractivity contribution is 5.94. The third-order valence-corrected chi connectivity index (χ3v) is 3.69. The maximum absolute atomic E-state index is 12.5. The van der Waals surface area contributed by atoms with Gasteiger partial charge < -0.3 is 4.90 Å². The van der Waals surface area contributed by atoms with E-state index in [1.807, 2.05) is 26.0 Å². The predicted octanol–water partition coefficient (Wildman–Crippen LogP) is 2.94. The normalized spacial score (nSPS) is 13.2. The van der Waals surface area contributed by atoms with Crippen LogP contribution in [0.3, 0.4) is 0 Å². The topological polar surface area (TPSA) is 44.1 Å². The molecule has 1 amide bonds. The summed E-state index contributed by atoms with van der Waals surface area (Å²) < 4.78 is 0. The second-order valence-corrected chi connectivity index (χ2v) is 5.34. The van der Waals surface area contributed by atoms with Crippen molar-refractivity contribution < 1.29 is 4.79 Å². The number of rotatable bonds is 4. The molecule has 0 aromatic heterocycles. The molecule has 1 aliphatic rings. The number of aryl methyl sites for hydroxylation is 2. The molecule has 0 atom stereocenters. The SMILES string of the molecule is CC(C)N(CCC#N)C(=O)c1ccc2c(c1)CCC2. The Kier molecular flexibility index (Phi) is 4.21. The van der Waals surface area contributed by atoms with Crippen LogP contribution in [0.25, 0.3) is 0 Å². The van der Waals surface area contributed by atoms with E-state index in [2.05, 4.69) is 12.1 Å². The van der Waals surface area contributed by atoms with Gasteiger partial charge in [0.25, 0.3) is 5.91 Å². The molecule has 19 heavy (non-hydrogen) atoms. The van der Waals surface area contributed by atoms with Crippen molar-refractivity contribution >= 4 is 5.91 Å². The number of carbonyl (C=O) groups is 1. The molecule has 0 bridgehead atoms. The summed E-state index contributed by atoms with van der Waals surface area (Å²) >= 11 is 0. The van der Waals surface area contributed by atoms with E-state index in [1.54, 1.807) is 4.90 Å². The van der Waals surface area contributed by atoms with Gasteiger partial charge in [-0.05, 0) is 56.4 Å². The molecule has 1 aromatic rings. The van der Waals surface area contributed by atoms with Gasteiger partial charge in [-0.25, -0.2) is 0 Å². The number of hydrogen-bond donors (Lipinski definition) is 0. The van der Waals surface area contributed by atoms with Crippen LogP contribution in [-0.4, -0.2) is 23.4 Å². The van der Waals surface area contributed by atoms with E-state index in [0.29, 0.717) is 13.0 Å². The van der Waals surface area contributed by atoms with Crippen LogP contribution < -0.4 is 0 Å². The lowest BCUT2D eigenvalue weighted by molar-refractivity contribution is 0.0710. The lowest BCUT2D eigenvalue weighted by atomic mass is 10.0. The van der Waals surface area contributed by atoms with Crippen LogP contribution in [0.2, 0.25) is 0 Å². The van der Waals surface area contributed by atoms with Crippen molar-refractivity contribution in [2.24, 2.45) is 0 Å². The van der Waals surface area contributed by atoms with Crippen LogP contribution in [0.15, 0.2) is 18.2 Å². The van der Waals surface area contributed by atoms with Crippen molar-refractivity contribution in [1.82, 2.24) is 4.90 Å². The van der Waals surface area contributed by atoms with Crippen LogP contribution in [-0.2, 0) is 12.8 Å². The summed E-state index contributed by atoms with van der Waals surface area (Å²) in [4.78, 5) is 14.3. The minimum absolute atomic E-state index is 0.0416. The lowest BCUT2D eigenvalue weighted by Crippen LogP contribution is -2.37. The van der Waals surface area contributed by atoms with E-state index in [-0.39, 0.29) is 11.9 Å². The van der Waals surface area contributed by atoms with Gasteiger partial charge in [0, 0.05) is 18.2 Å². The first-order valence-electron chi connectivity index (χ1n) is 6.93. The van der Waals surface area contributed by atoms with Crippen LogP contribution >= 0.6 is 0 Å². The van der Waals surface area contributed by atoms with Gasteiger partial charge in [0.15, 0.2) is 0 Å². The van der Waals surface area contributed by atoms with Crippen LogP contribution in [0.1, 0.15) is 48.2 Å². The van der Waals surface area contributed by atoms with Crippen LogP contribution in [0.4, 0.5) is 0 Å². The maximum atomic E-state index is 12.5. The number of hydrogen-bond acceptors (Lipinski definition) is 2. The van der Waals surface area contributed by atoms with E-state index >= 15 is 0 Å². The van der Waals surface area contributed by atoms with Crippen LogP contribution in [0, 0.1) is 11.3 Å². The summed E-state index contributed by atoms with van der Waals surface area (Å²) in [6.45, 7) is 4.48. The van der Waals surface area contributed by atoms with Gasteiger partial charge in [0.2, 0.25) is 0 Å². The van der Waals surface area contributed by atoms with Crippen molar-refractivity contribution in [2.45, 2.75) is 45.6 Å². The third-order valence-electron chi connectivity index (χ3n) is 3.69. The Balaban J connectivity index is 2.19. The fraction of sp³-hybridized carbons (Fsp3) is 0.500. The summed E-state index contributed by atoms with van der Waals surface area (Å²) in [5.74, 6) is 0.0416. The van der Waals surface area contributed by atoms with E-state index < -0.39 is 0 Å². The van der Waals surface area contributed by atoms with E-state index in [9.17, 15) is 4.79 Å². The molecule has 3 heteroatoms. The molecule has 1 aromatic carbocycles. The Bertz CT molecular complexity index is 514. The summed E-state index contributed by atoms with van der Waals surface area (Å²) in [5.41, 5.74) is 3.45. The zero-order valence-electron chi connectivity index (χ0n) is 11.6. The van der Waals surface area contributed by atoms with Gasteiger partial charge in [-0.3, -0.25) is 4.79 Å². The molecule has 0 saturated heterocycles. The molecular formula is C16H20N2O. The zero-order chi connectivity index (χ0) is 13.8. The minimum Gasteiger partial charge on any atom is -0.335 e. The largest absolute Gasteiger partial charge is 0.335 e. The Labute approximate surface area is 114 Å². The lowest BCUT2D eigenvalue weighted by Gasteiger charge is -2.26. The number of benzene rings is 1.